The van der Waals surface area contributed by atoms with Gasteiger partial charge in [-0.3, -0.25) is 13.9 Å². The largest absolute Gasteiger partial charge is 0.457 e. The van der Waals surface area contributed by atoms with Crippen molar-refractivity contribution in [3.05, 3.63) is 121 Å². The van der Waals surface area contributed by atoms with Crippen LogP contribution in [0, 0.1) is 5.82 Å². The molecule has 4 rings (SSSR count). The van der Waals surface area contributed by atoms with Crippen LogP contribution in [0.1, 0.15) is 32.8 Å². The third-order valence-corrected chi connectivity index (χ3v) is 8.97. The van der Waals surface area contributed by atoms with Crippen LogP contribution in [0.5, 0.6) is 11.5 Å². The molecule has 2 atom stereocenters. The van der Waals surface area contributed by atoms with E-state index < -0.39 is 40.2 Å². The maximum absolute atomic E-state index is 14.7. The van der Waals surface area contributed by atoms with Gasteiger partial charge >= 0.3 is 0 Å². The lowest BCUT2D eigenvalue weighted by molar-refractivity contribution is -0.139. The van der Waals surface area contributed by atoms with E-state index in [0.29, 0.717) is 17.9 Å². The third kappa shape index (κ3) is 8.02. The molecule has 4 aromatic rings. The van der Waals surface area contributed by atoms with Gasteiger partial charge in [0.05, 0.1) is 10.6 Å². The first-order chi connectivity index (χ1) is 21.1. The van der Waals surface area contributed by atoms with Gasteiger partial charge in [-0.2, -0.15) is 0 Å². The fourth-order valence-corrected chi connectivity index (χ4v) is 5.85. The lowest BCUT2D eigenvalue weighted by Crippen LogP contribution is -2.52. The van der Waals surface area contributed by atoms with Crippen molar-refractivity contribution in [1.29, 1.82) is 0 Å². The lowest BCUT2D eigenvalue weighted by atomic mass is 10.1. The number of halogens is 1. The molecular formula is C34H36FN3O5S. The fraction of sp³-hybridized carbons (Fsp3) is 0.235. The molecule has 44 heavy (non-hydrogen) atoms. The fourth-order valence-electron chi connectivity index (χ4n) is 4.41. The van der Waals surface area contributed by atoms with E-state index in [-0.39, 0.29) is 28.7 Å². The van der Waals surface area contributed by atoms with Crippen molar-refractivity contribution in [1.82, 2.24) is 10.2 Å². The molecule has 0 aliphatic rings. The number of carbonyl (C=O) groups excluding carboxylic acids is 2. The number of sulfonamides is 1. The van der Waals surface area contributed by atoms with Gasteiger partial charge in [0.25, 0.3) is 10.0 Å². The van der Waals surface area contributed by atoms with E-state index in [1.165, 1.54) is 35.2 Å². The van der Waals surface area contributed by atoms with Crippen LogP contribution in [0.3, 0.4) is 0 Å². The van der Waals surface area contributed by atoms with Crippen LogP contribution in [0.25, 0.3) is 0 Å². The number of benzene rings is 4. The maximum Gasteiger partial charge on any atom is 0.264 e. The van der Waals surface area contributed by atoms with Crippen LogP contribution in [0.4, 0.5) is 10.1 Å². The molecule has 4 aromatic carbocycles. The second kappa shape index (κ2) is 14.7. The van der Waals surface area contributed by atoms with E-state index in [1.54, 1.807) is 67.6 Å². The van der Waals surface area contributed by atoms with Crippen LogP contribution in [0.2, 0.25) is 0 Å². The summed E-state index contributed by atoms with van der Waals surface area (Å²) in [6.45, 7) is 4.44. The molecule has 0 unspecified atom stereocenters. The van der Waals surface area contributed by atoms with Gasteiger partial charge in [0.15, 0.2) is 0 Å². The minimum atomic E-state index is -4.23. The normalized spacial score (nSPS) is 12.5. The van der Waals surface area contributed by atoms with Crippen molar-refractivity contribution in [3.8, 4) is 11.5 Å². The molecule has 0 aliphatic carbocycles. The van der Waals surface area contributed by atoms with Gasteiger partial charge in [0.1, 0.15) is 29.9 Å². The smallest absolute Gasteiger partial charge is 0.264 e. The van der Waals surface area contributed by atoms with Gasteiger partial charge in [-0.1, -0.05) is 61.5 Å². The highest BCUT2D eigenvalue weighted by molar-refractivity contribution is 7.92. The maximum atomic E-state index is 14.7. The predicted molar refractivity (Wildman–Crippen MR) is 168 cm³/mol. The molecule has 0 fully saturated rings. The molecule has 230 valence electrons. The quantitative estimate of drug-likeness (QED) is 0.194. The van der Waals surface area contributed by atoms with E-state index in [0.717, 1.165) is 4.31 Å². The van der Waals surface area contributed by atoms with E-state index >= 15 is 0 Å². The zero-order valence-electron chi connectivity index (χ0n) is 24.9. The van der Waals surface area contributed by atoms with Crippen LogP contribution in [0.15, 0.2) is 114 Å². The molecule has 0 spiro atoms. The van der Waals surface area contributed by atoms with Crippen molar-refractivity contribution in [2.24, 2.45) is 0 Å². The standard InChI is InChI=1S/C34H36FN3O5S/c1-4-25(2)36-34(40)26(3)37(23-27-13-11-12-18-32(27)35)33(39)24-38(44(41,42)31-16-9-6-10-17-31)28-19-21-30(22-20-28)43-29-14-7-5-8-15-29/h5-22,25-26H,4,23-24H2,1-3H3,(H,36,40)/t25-,26-/m0/s1. The Hall–Kier alpha value is -4.70. The summed E-state index contributed by atoms with van der Waals surface area (Å²) >= 11 is 0. The van der Waals surface area contributed by atoms with Gasteiger partial charge in [-0.25, -0.2) is 12.8 Å². The summed E-state index contributed by atoms with van der Waals surface area (Å²) in [6, 6.07) is 28.0. The Morgan fingerprint density at radius 2 is 1.39 bits per heavy atom. The van der Waals surface area contributed by atoms with Gasteiger partial charge < -0.3 is 15.0 Å². The van der Waals surface area contributed by atoms with Crippen LogP contribution in [-0.2, 0) is 26.2 Å². The SMILES string of the molecule is CC[C@H](C)NC(=O)[C@H](C)N(Cc1ccccc1F)C(=O)CN(c1ccc(Oc2ccccc2)cc1)S(=O)(=O)c1ccccc1. The number of amides is 2. The minimum Gasteiger partial charge on any atom is -0.457 e. The molecule has 0 aromatic heterocycles. The van der Waals surface area contributed by atoms with Crippen molar-refractivity contribution in [3.63, 3.8) is 0 Å². The number of carbonyl (C=O) groups is 2. The van der Waals surface area contributed by atoms with E-state index in [1.807, 2.05) is 32.0 Å². The zero-order valence-corrected chi connectivity index (χ0v) is 25.7. The van der Waals surface area contributed by atoms with E-state index in [4.69, 9.17) is 4.74 Å². The number of anilines is 1. The first-order valence-electron chi connectivity index (χ1n) is 14.3. The van der Waals surface area contributed by atoms with Gasteiger partial charge in [0, 0.05) is 18.2 Å². The number of nitrogens with one attached hydrogen (secondary N) is 1. The van der Waals surface area contributed by atoms with Crippen LogP contribution >= 0.6 is 0 Å². The molecule has 1 N–H and O–H groups in total. The Bertz CT molecular complexity index is 1650. The molecule has 0 radical (unpaired) electrons. The number of hydrogen-bond acceptors (Lipinski definition) is 5. The number of nitrogens with zero attached hydrogens (tertiary/aromatic N) is 2. The molecule has 0 saturated carbocycles. The Kier molecular flexibility index (Phi) is 10.7. The zero-order chi connectivity index (χ0) is 31.7. The highest BCUT2D eigenvalue weighted by Gasteiger charge is 2.33. The van der Waals surface area contributed by atoms with Gasteiger partial charge in [0.2, 0.25) is 11.8 Å². The first-order valence-corrected chi connectivity index (χ1v) is 15.8. The second-order valence-corrected chi connectivity index (χ2v) is 12.2. The molecule has 0 saturated heterocycles. The summed E-state index contributed by atoms with van der Waals surface area (Å²) in [5.41, 5.74) is 0.411. The number of rotatable bonds is 13. The number of ether oxygens (including phenoxy) is 1. The average molecular weight is 618 g/mol. The lowest BCUT2D eigenvalue weighted by Gasteiger charge is -2.32. The monoisotopic (exact) mass is 617 g/mol. The Morgan fingerprint density at radius 3 is 2.00 bits per heavy atom. The van der Waals surface area contributed by atoms with Crippen molar-refractivity contribution >= 4 is 27.5 Å². The van der Waals surface area contributed by atoms with Crippen LogP contribution < -0.4 is 14.4 Å². The minimum absolute atomic E-state index is 0.0133. The van der Waals surface area contributed by atoms with E-state index in [9.17, 15) is 22.4 Å². The summed E-state index contributed by atoms with van der Waals surface area (Å²) in [7, 11) is -4.23. The topological polar surface area (TPSA) is 96.0 Å². The summed E-state index contributed by atoms with van der Waals surface area (Å²) < 4.78 is 49.5. The van der Waals surface area contributed by atoms with Gasteiger partial charge in [-0.15, -0.1) is 0 Å². The van der Waals surface area contributed by atoms with Crippen molar-refractivity contribution in [2.45, 2.75) is 50.7 Å². The molecule has 10 heteroatoms. The molecule has 0 heterocycles. The molecule has 8 nitrogen and oxygen atoms in total. The van der Waals surface area contributed by atoms with Crippen molar-refractivity contribution < 1.29 is 27.1 Å². The van der Waals surface area contributed by atoms with Crippen LogP contribution in [-0.4, -0.2) is 43.8 Å². The number of para-hydroxylation sites is 1. The highest BCUT2D eigenvalue weighted by atomic mass is 32.2. The summed E-state index contributed by atoms with van der Waals surface area (Å²) in [6.07, 6.45) is 0.673. The second-order valence-electron chi connectivity index (χ2n) is 10.3. The van der Waals surface area contributed by atoms with Crippen molar-refractivity contribution in [2.75, 3.05) is 10.8 Å². The summed E-state index contributed by atoms with van der Waals surface area (Å²) in [5.74, 6) is -0.562. The van der Waals surface area contributed by atoms with Gasteiger partial charge in [-0.05, 0) is 74.9 Å². The predicted octanol–water partition coefficient (Wildman–Crippen LogP) is 6.15. The number of hydrogen-bond donors (Lipinski definition) is 1. The molecular weight excluding hydrogens is 581 g/mol. The summed E-state index contributed by atoms with van der Waals surface area (Å²) in [4.78, 5) is 28.4. The molecule has 0 aliphatic heterocycles. The Labute approximate surface area is 258 Å². The highest BCUT2D eigenvalue weighted by Crippen LogP contribution is 2.28. The Balaban J connectivity index is 1.70. The third-order valence-electron chi connectivity index (χ3n) is 7.18. The molecule has 2 amide bonds. The first kappa shape index (κ1) is 32.2. The Morgan fingerprint density at radius 1 is 0.818 bits per heavy atom. The van der Waals surface area contributed by atoms with E-state index in [2.05, 4.69) is 5.32 Å². The molecule has 0 bridgehead atoms. The average Bonchev–Trinajstić information content (AvgIpc) is 3.04. The summed E-state index contributed by atoms with van der Waals surface area (Å²) in [5, 5.41) is 2.86.